The first-order valence-electron chi connectivity index (χ1n) is 5.78. The van der Waals surface area contributed by atoms with Crippen LogP contribution in [0.5, 0.6) is 0 Å². The van der Waals surface area contributed by atoms with Crippen molar-refractivity contribution < 1.29 is 9.21 Å². The second-order valence-corrected chi connectivity index (χ2v) is 4.26. The number of urea groups is 1. The molecule has 4 nitrogen and oxygen atoms in total. The van der Waals surface area contributed by atoms with Crippen LogP contribution in [0.4, 0.5) is 10.5 Å². The zero-order valence-corrected chi connectivity index (χ0v) is 10.5. The van der Waals surface area contributed by atoms with Crippen molar-refractivity contribution in [2.24, 2.45) is 0 Å². The van der Waals surface area contributed by atoms with E-state index in [9.17, 15) is 4.79 Å². The summed E-state index contributed by atoms with van der Waals surface area (Å²) in [5, 5.41) is 5.60. The third kappa shape index (κ3) is 3.13. The highest BCUT2D eigenvalue weighted by molar-refractivity contribution is 5.90. The molecule has 18 heavy (non-hydrogen) atoms. The molecule has 0 spiro atoms. The highest BCUT2D eigenvalue weighted by Crippen LogP contribution is 2.16. The number of amides is 2. The van der Waals surface area contributed by atoms with E-state index in [0.717, 1.165) is 22.4 Å². The van der Waals surface area contributed by atoms with E-state index in [1.165, 1.54) is 0 Å². The average molecular weight is 244 g/mol. The first-order valence-corrected chi connectivity index (χ1v) is 5.78. The lowest BCUT2D eigenvalue weighted by Gasteiger charge is -2.10. The van der Waals surface area contributed by atoms with Gasteiger partial charge in [-0.1, -0.05) is 12.1 Å². The Kier molecular flexibility index (Phi) is 3.67. The highest BCUT2D eigenvalue weighted by Gasteiger charge is 2.04. The first-order chi connectivity index (χ1) is 8.65. The van der Waals surface area contributed by atoms with Crippen molar-refractivity contribution in [3.63, 3.8) is 0 Å². The zero-order chi connectivity index (χ0) is 13.0. The number of carbonyl (C=O) groups excluding carboxylic acids is 1. The minimum atomic E-state index is -0.218. The average Bonchev–Trinajstić information content (AvgIpc) is 2.84. The quantitative estimate of drug-likeness (QED) is 0.871. The number of hydrogen-bond acceptors (Lipinski definition) is 2. The Labute approximate surface area is 106 Å². The standard InChI is InChI=1S/C14H16N2O2/c1-10-3-4-11(2)13(7-10)16-14(17)15-8-12-5-6-18-9-12/h3-7,9H,8H2,1-2H3,(H2,15,16,17). The van der Waals surface area contributed by atoms with Crippen molar-refractivity contribution in [1.82, 2.24) is 5.32 Å². The molecule has 0 aliphatic heterocycles. The molecule has 1 aromatic heterocycles. The Bertz CT molecular complexity index is 533. The molecule has 0 saturated heterocycles. The lowest BCUT2D eigenvalue weighted by Crippen LogP contribution is -2.28. The van der Waals surface area contributed by atoms with E-state index in [0.29, 0.717) is 6.54 Å². The molecule has 0 fully saturated rings. The van der Waals surface area contributed by atoms with Gasteiger partial charge in [-0.25, -0.2) is 4.79 Å². The van der Waals surface area contributed by atoms with Crippen LogP contribution in [-0.2, 0) is 6.54 Å². The van der Waals surface area contributed by atoms with Crippen LogP contribution in [-0.4, -0.2) is 6.03 Å². The molecule has 4 heteroatoms. The molecule has 94 valence electrons. The van der Waals surface area contributed by atoms with E-state index in [-0.39, 0.29) is 6.03 Å². The van der Waals surface area contributed by atoms with E-state index in [4.69, 9.17) is 4.42 Å². The van der Waals surface area contributed by atoms with Gasteiger partial charge in [0.05, 0.1) is 12.5 Å². The molecule has 1 aromatic carbocycles. The summed E-state index contributed by atoms with van der Waals surface area (Å²) in [4.78, 5) is 11.7. The predicted molar refractivity (Wildman–Crippen MR) is 70.5 cm³/mol. The van der Waals surface area contributed by atoms with E-state index in [1.807, 2.05) is 38.1 Å². The molecule has 2 amide bonds. The zero-order valence-electron chi connectivity index (χ0n) is 10.5. The van der Waals surface area contributed by atoms with Gasteiger partial charge in [0.25, 0.3) is 0 Å². The van der Waals surface area contributed by atoms with Crippen LogP contribution in [0.15, 0.2) is 41.2 Å². The van der Waals surface area contributed by atoms with Gasteiger partial charge in [-0.05, 0) is 37.1 Å². The second kappa shape index (κ2) is 5.40. The molecule has 2 rings (SSSR count). The molecule has 2 N–H and O–H groups in total. The minimum absolute atomic E-state index is 0.218. The van der Waals surface area contributed by atoms with Crippen LogP contribution >= 0.6 is 0 Å². The number of rotatable bonds is 3. The lowest BCUT2D eigenvalue weighted by molar-refractivity contribution is 0.251. The summed E-state index contributed by atoms with van der Waals surface area (Å²) in [6.45, 7) is 4.41. The lowest BCUT2D eigenvalue weighted by atomic mass is 10.1. The number of hydrogen-bond donors (Lipinski definition) is 2. The molecule has 2 aromatic rings. The fourth-order valence-electron chi connectivity index (χ4n) is 1.61. The molecule has 0 aliphatic carbocycles. The third-order valence-electron chi connectivity index (χ3n) is 2.67. The third-order valence-corrected chi connectivity index (χ3v) is 2.67. The van der Waals surface area contributed by atoms with Crippen molar-refractivity contribution in [1.29, 1.82) is 0 Å². The maximum atomic E-state index is 11.7. The SMILES string of the molecule is Cc1ccc(C)c(NC(=O)NCc2ccoc2)c1. The monoisotopic (exact) mass is 244 g/mol. The molecule has 0 atom stereocenters. The van der Waals surface area contributed by atoms with Crippen LogP contribution in [0.3, 0.4) is 0 Å². The Morgan fingerprint density at radius 1 is 1.28 bits per heavy atom. The second-order valence-electron chi connectivity index (χ2n) is 4.26. The normalized spacial score (nSPS) is 10.1. The summed E-state index contributed by atoms with van der Waals surface area (Å²) in [6, 6.07) is 7.56. The minimum Gasteiger partial charge on any atom is -0.472 e. The fourth-order valence-corrected chi connectivity index (χ4v) is 1.61. The molecular formula is C14H16N2O2. The highest BCUT2D eigenvalue weighted by atomic mass is 16.3. The predicted octanol–water partition coefficient (Wildman–Crippen LogP) is 3.22. The number of aryl methyl sites for hydroxylation is 2. The summed E-state index contributed by atoms with van der Waals surface area (Å²) in [6.07, 6.45) is 3.19. The molecule has 0 saturated carbocycles. The summed E-state index contributed by atoms with van der Waals surface area (Å²) in [7, 11) is 0. The van der Waals surface area contributed by atoms with E-state index < -0.39 is 0 Å². The Morgan fingerprint density at radius 2 is 2.11 bits per heavy atom. The van der Waals surface area contributed by atoms with Crippen LogP contribution in [0, 0.1) is 13.8 Å². The Balaban J connectivity index is 1.92. The number of furan rings is 1. The van der Waals surface area contributed by atoms with E-state index >= 15 is 0 Å². The molecule has 0 unspecified atom stereocenters. The molecule has 0 bridgehead atoms. The van der Waals surface area contributed by atoms with Gasteiger partial charge >= 0.3 is 6.03 Å². The van der Waals surface area contributed by atoms with Crippen molar-refractivity contribution in [3.8, 4) is 0 Å². The Morgan fingerprint density at radius 3 is 2.83 bits per heavy atom. The molecular weight excluding hydrogens is 228 g/mol. The first kappa shape index (κ1) is 12.2. The van der Waals surface area contributed by atoms with E-state index in [2.05, 4.69) is 10.6 Å². The summed E-state index contributed by atoms with van der Waals surface area (Å²) >= 11 is 0. The van der Waals surface area contributed by atoms with Crippen molar-refractivity contribution in [3.05, 3.63) is 53.5 Å². The fraction of sp³-hybridized carbons (Fsp3) is 0.214. The van der Waals surface area contributed by atoms with Gasteiger partial charge in [0, 0.05) is 17.8 Å². The van der Waals surface area contributed by atoms with Gasteiger partial charge in [0.1, 0.15) is 0 Å². The van der Waals surface area contributed by atoms with Gasteiger partial charge in [-0.15, -0.1) is 0 Å². The summed E-state index contributed by atoms with van der Waals surface area (Å²) < 4.78 is 4.93. The van der Waals surface area contributed by atoms with Gasteiger partial charge < -0.3 is 15.1 Å². The maximum absolute atomic E-state index is 11.7. The summed E-state index contributed by atoms with van der Waals surface area (Å²) in [5.74, 6) is 0. The van der Waals surface area contributed by atoms with Crippen LogP contribution in [0.1, 0.15) is 16.7 Å². The van der Waals surface area contributed by atoms with Crippen LogP contribution in [0.25, 0.3) is 0 Å². The number of carbonyl (C=O) groups is 1. The molecule has 1 heterocycles. The maximum Gasteiger partial charge on any atom is 0.319 e. The topological polar surface area (TPSA) is 54.3 Å². The number of anilines is 1. The summed E-state index contributed by atoms with van der Waals surface area (Å²) in [5.41, 5.74) is 3.93. The van der Waals surface area contributed by atoms with Gasteiger partial charge in [0.15, 0.2) is 0 Å². The molecule has 0 radical (unpaired) electrons. The van der Waals surface area contributed by atoms with E-state index in [1.54, 1.807) is 12.5 Å². The smallest absolute Gasteiger partial charge is 0.319 e. The number of nitrogens with one attached hydrogen (secondary N) is 2. The molecule has 0 aliphatic rings. The van der Waals surface area contributed by atoms with Gasteiger partial charge in [-0.3, -0.25) is 0 Å². The van der Waals surface area contributed by atoms with Crippen molar-refractivity contribution in [2.45, 2.75) is 20.4 Å². The van der Waals surface area contributed by atoms with Gasteiger partial charge in [-0.2, -0.15) is 0 Å². The van der Waals surface area contributed by atoms with Crippen LogP contribution in [0.2, 0.25) is 0 Å². The van der Waals surface area contributed by atoms with Gasteiger partial charge in [0.2, 0.25) is 0 Å². The van der Waals surface area contributed by atoms with Crippen molar-refractivity contribution in [2.75, 3.05) is 5.32 Å². The largest absolute Gasteiger partial charge is 0.472 e. The van der Waals surface area contributed by atoms with Crippen molar-refractivity contribution >= 4 is 11.7 Å². The Hall–Kier alpha value is -2.23. The number of benzene rings is 1. The van der Waals surface area contributed by atoms with Crippen LogP contribution < -0.4 is 10.6 Å².